The van der Waals surface area contributed by atoms with E-state index in [4.69, 9.17) is 11.6 Å². The predicted molar refractivity (Wildman–Crippen MR) is 79.5 cm³/mol. The van der Waals surface area contributed by atoms with E-state index in [0.29, 0.717) is 10.6 Å². The van der Waals surface area contributed by atoms with Gasteiger partial charge in [-0.1, -0.05) is 31.5 Å². The van der Waals surface area contributed by atoms with Crippen LogP contribution in [0.25, 0.3) is 0 Å². The fraction of sp³-hybridized carbons (Fsp3) is 0.400. The average molecular weight is 296 g/mol. The summed E-state index contributed by atoms with van der Waals surface area (Å²) in [5.74, 6) is -0.303. The predicted octanol–water partition coefficient (Wildman–Crippen LogP) is 3.47. The van der Waals surface area contributed by atoms with Gasteiger partial charge in [0.25, 0.3) is 0 Å². The van der Waals surface area contributed by atoms with Crippen LogP contribution in [-0.4, -0.2) is 16.3 Å². The summed E-state index contributed by atoms with van der Waals surface area (Å²) >= 11 is 5.82. The highest BCUT2D eigenvalue weighted by molar-refractivity contribution is 6.30. The summed E-state index contributed by atoms with van der Waals surface area (Å²) in [4.78, 5) is 0. The quantitative estimate of drug-likeness (QED) is 0.915. The van der Waals surface area contributed by atoms with Crippen molar-refractivity contribution in [3.8, 4) is 0 Å². The largest absolute Gasteiger partial charge is 0.305 e. The summed E-state index contributed by atoms with van der Waals surface area (Å²) in [6, 6.07) is 6.57. The monoisotopic (exact) mass is 295 g/mol. The topological polar surface area (TPSA) is 29.9 Å². The Bertz CT molecular complexity index is 595. The van der Waals surface area contributed by atoms with Crippen molar-refractivity contribution in [3.63, 3.8) is 0 Å². The maximum absolute atomic E-state index is 14.2. The molecule has 20 heavy (non-hydrogen) atoms. The minimum Gasteiger partial charge on any atom is -0.305 e. The summed E-state index contributed by atoms with van der Waals surface area (Å²) in [7, 11) is 1.88. The number of halogens is 2. The molecule has 0 aliphatic carbocycles. The zero-order valence-corrected chi connectivity index (χ0v) is 12.7. The SMILES string of the molecule is CCNC(c1ccc(Cl)cc1F)c1cc(CC)nn1C. The first-order chi connectivity index (χ1) is 9.56. The molecule has 0 radical (unpaired) electrons. The molecule has 1 unspecified atom stereocenters. The maximum atomic E-state index is 14.2. The molecule has 0 amide bonds. The summed E-state index contributed by atoms with van der Waals surface area (Å²) in [5, 5.41) is 8.15. The summed E-state index contributed by atoms with van der Waals surface area (Å²) < 4.78 is 16.0. The summed E-state index contributed by atoms with van der Waals surface area (Å²) in [6.45, 7) is 4.79. The zero-order valence-electron chi connectivity index (χ0n) is 12.0. The summed E-state index contributed by atoms with van der Waals surface area (Å²) in [5.41, 5.74) is 2.53. The van der Waals surface area contributed by atoms with E-state index in [-0.39, 0.29) is 11.9 Å². The first-order valence-electron chi connectivity index (χ1n) is 6.78. The van der Waals surface area contributed by atoms with E-state index in [2.05, 4.69) is 17.3 Å². The van der Waals surface area contributed by atoms with Crippen LogP contribution in [0.2, 0.25) is 5.02 Å². The molecule has 1 aromatic heterocycles. The van der Waals surface area contributed by atoms with Gasteiger partial charge in [0.15, 0.2) is 0 Å². The lowest BCUT2D eigenvalue weighted by molar-refractivity contribution is 0.531. The van der Waals surface area contributed by atoms with Crippen molar-refractivity contribution in [2.45, 2.75) is 26.3 Å². The Morgan fingerprint density at radius 2 is 2.10 bits per heavy atom. The number of aryl methyl sites for hydroxylation is 2. The van der Waals surface area contributed by atoms with Crippen molar-refractivity contribution >= 4 is 11.6 Å². The third-order valence-electron chi connectivity index (χ3n) is 3.31. The Morgan fingerprint density at radius 3 is 2.65 bits per heavy atom. The highest BCUT2D eigenvalue weighted by atomic mass is 35.5. The third kappa shape index (κ3) is 3.02. The van der Waals surface area contributed by atoms with Gasteiger partial charge >= 0.3 is 0 Å². The van der Waals surface area contributed by atoms with E-state index in [1.807, 2.05) is 20.0 Å². The Kier molecular flexibility index (Phi) is 4.78. The van der Waals surface area contributed by atoms with Crippen molar-refractivity contribution in [2.24, 2.45) is 7.05 Å². The molecule has 2 rings (SSSR count). The van der Waals surface area contributed by atoms with Crippen molar-refractivity contribution < 1.29 is 4.39 Å². The molecular formula is C15H19ClFN3. The minimum atomic E-state index is -0.303. The molecule has 1 aromatic carbocycles. The molecule has 0 saturated heterocycles. The molecule has 0 bridgehead atoms. The molecule has 1 atom stereocenters. The van der Waals surface area contributed by atoms with Crippen LogP contribution in [0.15, 0.2) is 24.3 Å². The molecule has 0 aliphatic rings. The number of nitrogens with zero attached hydrogens (tertiary/aromatic N) is 2. The third-order valence-corrected chi connectivity index (χ3v) is 3.54. The standard InChI is InChI=1S/C15H19ClFN3/c1-4-11-9-14(20(3)19-11)15(18-5-2)12-7-6-10(16)8-13(12)17/h6-9,15,18H,4-5H2,1-3H3. The Labute approximate surface area is 123 Å². The molecule has 3 nitrogen and oxygen atoms in total. The normalized spacial score (nSPS) is 12.7. The van der Waals surface area contributed by atoms with Gasteiger partial charge in [0.1, 0.15) is 5.82 Å². The van der Waals surface area contributed by atoms with Gasteiger partial charge < -0.3 is 5.32 Å². The van der Waals surface area contributed by atoms with Crippen LogP contribution in [0.5, 0.6) is 0 Å². The second kappa shape index (κ2) is 6.37. The Morgan fingerprint density at radius 1 is 1.35 bits per heavy atom. The molecule has 0 spiro atoms. The van der Waals surface area contributed by atoms with Gasteiger partial charge in [-0.25, -0.2) is 4.39 Å². The van der Waals surface area contributed by atoms with E-state index in [9.17, 15) is 4.39 Å². The average Bonchev–Trinajstić information content (AvgIpc) is 2.78. The van der Waals surface area contributed by atoms with Crippen LogP contribution in [0.1, 0.15) is 36.8 Å². The van der Waals surface area contributed by atoms with Crippen LogP contribution >= 0.6 is 11.6 Å². The number of hydrogen-bond donors (Lipinski definition) is 1. The van der Waals surface area contributed by atoms with Gasteiger partial charge in [0, 0.05) is 17.6 Å². The highest BCUT2D eigenvalue weighted by Gasteiger charge is 2.21. The molecular weight excluding hydrogens is 277 g/mol. The van der Waals surface area contributed by atoms with Gasteiger partial charge in [-0.15, -0.1) is 0 Å². The Balaban J connectivity index is 2.47. The molecule has 108 valence electrons. The first-order valence-corrected chi connectivity index (χ1v) is 7.15. The first kappa shape index (κ1) is 15.0. The lowest BCUT2D eigenvalue weighted by Crippen LogP contribution is -2.25. The number of rotatable bonds is 5. The molecule has 1 heterocycles. The molecule has 2 aromatic rings. The number of benzene rings is 1. The summed E-state index contributed by atoms with van der Waals surface area (Å²) in [6.07, 6.45) is 0.857. The molecule has 0 fully saturated rings. The van der Waals surface area contributed by atoms with Crippen LogP contribution in [0, 0.1) is 5.82 Å². The van der Waals surface area contributed by atoms with Crippen LogP contribution in [0.4, 0.5) is 4.39 Å². The molecule has 0 aliphatic heterocycles. The van der Waals surface area contributed by atoms with Crippen molar-refractivity contribution in [3.05, 3.63) is 52.1 Å². The van der Waals surface area contributed by atoms with Crippen LogP contribution in [0.3, 0.4) is 0 Å². The molecule has 1 N–H and O–H groups in total. The second-order valence-corrected chi connectivity index (χ2v) is 5.13. The van der Waals surface area contributed by atoms with E-state index < -0.39 is 0 Å². The molecule has 0 saturated carbocycles. The Hall–Kier alpha value is -1.39. The van der Waals surface area contributed by atoms with E-state index in [1.54, 1.807) is 16.8 Å². The van der Waals surface area contributed by atoms with Crippen molar-refractivity contribution in [2.75, 3.05) is 6.54 Å². The lowest BCUT2D eigenvalue weighted by atomic mass is 10.0. The van der Waals surface area contributed by atoms with E-state index in [1.165, 1.54) is 6.07 Å². The van der Waals surface area contributed by atoms with E-state index >= 15 is 0 Å². The smallest absolute Gasteiger partial charge is 0.129 e. The van der Waals surface area contributed by atoms with Crippen molar-refractivity contribution in [1.29, 1.82) is 0 Å². The van der Waals surface area contributed by atoms with Crippen LogP contribution < -0.4 is 5.32 Å². The van der Waals surface area contributed by atoms with Gasteiger partial charge in [-0.3, -0.25) is 4.68 Å². The number of hydrogen-bond acceptors (Lipinski definition) is 2. The lowest BCUT2D eigenvalue weighted by Gasteiger charge is -2.19. The number of aromatic nitrogens is 2. The number of nitrogens with one attached hydrogen (secondary N) is 1. The van der Waals surface area contributed by atoms with Gasteiger partial charge in [-0.05, 0) is 31.2 Å². The van der Waals surface area contributed by atoms with Gasteiger partial charge in [-0.2, -0.15) is 5.10 Å². The molecule has 5 heteroatoms. The fourth-order valence-corrected chi connectivity index (χ4v) is 2.46. The second-order valence-electron chi connectivity index (χ2n) is 4.69. The van der Waals surface area contributed by atoms with Crippen LogP contribution in [-0.2, 0) is 13.5 Å². The minimum absolute atomic E-state index is 0.227. The maximum Gasteiger partial charge on any atom is 0.129 e. The highest BCUT2D eigenvalue weighted by Crippen LogP contribution is 2.26. The van der Waals surface area contributed by atoms with Crippen molar-refractivity contribution in [1.82, 2.24) is 15.1 Å². The fourth-order valence-electron chi connectivity index (χ4n) is 2.30. The van der Waals surface area contributed by atoms with Gasteiger partial charge in [0.2, 0.25) is 0 Å². The zero-order chi connectivity index (χ0) is 14.7. The van der Waals surface area contributed by atoms with Gasteiger partial charge in [0.05, 0.1) is 17.4 Å². The van der Waals surface area contributed by atoms with E-state index in [0.717, 1.165) is 24.4 Å².